The Morgan fingerprint density at radius 1 is 1.18 bits per heavy atom. The Labute approximate surface area is 99.2 Å². The number of rotatable bonds is 2. The van der Waals surface area contributed by atoms with Crippen LogP contribution >= 0.6 is 0 Å². The van der Waals surface area contributed by atoms with E-state index in [0.717, 1.165) is 0 Å². The van der Waals surface area contributed by atoms with Crippen LogP contribution in [-0.4, -0.2) is 88.9 Å². The number of hydrogen-bond acceptors (Lipinski definition) is 7. The van der Waals surface area contributed by atoms with E-state index in [1.165, 1.54) is 0 Å². The maximum atomic E-state index is 10.2. The van der Waals surface area contributed by atoms with Crippen molar-refractivity contribution in [2.24, 2.45) is 0 Å². The van der Waals surface area contributed by atoms with Gasteiger partial charge in [0.1, 0.15) is 18.3 Å². The fourth-order valence-corrected chi connectivity index (χ4v) is 2.11. The van der Waals surface area contributed by atoms with E-state index in [9.17, 15) is 20.4 Å². The first-order valence-corrected chi connectivity index (χ1v) is 5.73. The molecule has 2 saturated heterocycles. The fourth-order valence-electron chi connectivity index (χ4n) is 2.11. The summed E-state index contributed by atoms with van der Waals surface area (Å²) in [5.74, 6) is -1.84. The van der Waals surface area contributed by atoms with E-state index in [1.807, 2.05) is 4.90 Å². The van der Waals surface area contributed by atoms with Gasteiger partial charge in [0, 0.05) is 13.1 Å². The lowest BCUT2D eigenvalue weighted by Crippen LogP contribution is -2.65. The topological polar surface area (TPSA) is 103 Å². The molecule has 0 spiro atoms. The van der Waals surface area contributed by atoms with Crippen LogP contribution in [0.3, 0.4) is 0 Å². The summed E-state index contributed by atoms with van der Waals surface area (Å²) in [4.78, 5) is 1.89. The first kappa shape index (κ1) is 13.2. The fraction of sp³-hybridized carbons (Fsp3) is 1.00. The van der Waals surface area contributed by atoms with Crippen molar-refractivity contribution in [2.45, 2.75) is 24.1 Å². The van der Waals surface area contributed by atoms with Crippen LogP contribution in [0.1, 0.15) is 0 Å². The van der Waals surface area contributed by atoms with Gasteiger partial charge in [-0.15, -0.1) is 0 Å². The molecule has 0 aliphatic carbocycles. The molecular weight excluding hydrogens is 230 g/mol. The van der Waals surface area contributed by atoms with E-state index < -0.39 is 24.1 Å². The minimum atomic E-state index is -1.84. The molecule has 0 aromatic heterocycles. The van der Waals surface area contributed by atoms with Crippen LogP contribution in [0.2, 0.25) is 0 Å². The Morgan fingerprint density at radius 2 is 1.82 bits per heavy atom. The summed E-state index contributed by atoms with van der Waals surface area (Å²) in [5, 5.41) is 38.7. The van der Waals surface area contributed by atoms with Crippen molar-refractivity contribution in [2.75, 3.05) is 39.5 Å². The molecule has 0 amide bonds. The molecule has 4 atom stereocenters. The van der Waals surface area contributed by atoms with Gasteiger partial charge in [-0.05, 0) is 0 Å². The molecule has 100 valence electrons. The maximum Gasteiger partial charge on any atom is 0.207 e. The minimum Gasteiger partial charge on any atom is -0.388 e. The average Bonchev–Trinajstić information content (AvgIpc) is 2.34. The molecule has 2 heterocycles. The zero-order valence-corrected chi connectivity index (χ0v) is 9.53. The van der Waals surface area contributed by atoms with Crippen LogP contribution < -0.4 is 0 Å². The third-order valence-electron chi connectivity index (χ3n) is 3.24. The van der Waals surface area contributed by atoms with Crippen molar-refractivity contribution >= 4 is 0 Å². The van der Waals surface area contributed by atoms with Gasteiger partial charge in [0.2, 0.25) is 5.79 Å². The molecule has 0 bridgehead atoms. The second-order valence-corrected chi connectivity index (χ2v) is 4.55. The first-order valence-electron chi connectivity index (χ1n) is 5.73. The van der Waals surface area contributed by atoms with Gasteiger partial charge in [-0.3, -0.25) is 4.90 Å². The zero-order valence-electron chi connectivity index (χ0n) is 9.53. The Balaban J connectivity index is 1.97. The van der Waals surface area contributed by atoms with Crippen LogP contribution in [0, 0.1) is 0 Å². The summed E-state index contributed by atoms with van der Waals surface area (Å²) in [7, 11) is 0. The van der Waals surface area contributed by atoms with E-state index >= 15 is 0 Å². The van der Waals surface area contributed by atoms with Gasteiger partial charge in [0.25, 0.3) is 0 Å². The van der Waals surface area contributed by atoms with Gasteiger partial charge in [-0.1, -0.05) is 0 Å². The lowest BCUT2D eigenvalue weighted by molar-refractivity contribution is -0.326. The van der Waals surface area contributed by atoms with Crippen molar-refractivity contribution in [3.8, 4) is 0 Å². The normalized spacial score (nSPS) is 44.8. The highest BCUT2D eigenvalue weighted by Crippen LogP contribution is 2.25. The summed E-state index contributed by atoms with van der Waals surface area (Å²) in [6.45, 7) is 2.29. The highest BCUT2D eigenvalue weighted by molar-refractivity contribution is 4.93. The second kappa shape index (κ2) is 5.15. The van der Waals surface area contributed by atoms with Crippen LogP contribution in [0.4, 0.5) is 0 Å². The summed E-state index contributed by atoms with van der Waals surface area (Å²) < 4.78 is 10.2. The summed E-state index contributed by atoms with van der Waals surface area (Å²) in [5.41, 5.74) is 0. The predicted octanol–water partition coefficient (Wildman–Crippen LogP) is -2.88. The lowest BCUT2D eigenvalue weighted by Gasteiger charge is -2.44. The average molecular weight is 249 g/mol. The molecule has 0 saturated carbocycles. The van der Waals surface area contributed by atoms with E-state index in [1.54, 1.807) is 0 Å². The highest BCUT2D eigenvalue weighted by Gasteiger charge is 2.49. The number of ether oxygens (including phenoxy) is 2. The smallest absolute Gasteiger partial charge is 0.207 e. The van der Waals surface area contributed by atoms with E-state index in [4.69, 9.17) is 9.47 Å². The summed E-state index contributed by atoms with van der Waals surface area (Å²) >= 11 is 0. The molecule has 7 heteroatoms. The Hall–Kier alpha value is -0.280. The molecule has 17 heavy (non-hydrogen) atoms. The van der Waals surface area contributed by atoms with E-state index in [0.29, 0.717) is 26.3 Å². The quantitative estimate of drug-likeness (QED) is 0.417. The Kier molecular flexibility index (Phi) is 3.99. The number of nitrogens with zero attached hydrogens (tertiary/aromatic N) is 1. The molecule has 0 unspecified atom stereocenters. The van der Waals surface area contributed by atoms with Gasteiger partial charge in [-0.25, -0.2) is 0 Å². The van der Waals surface area contributed by atoms with Gasteiger partial charge < -0.3 is 29.9 Å². The third kappa shape index (κ3) is 2.76. The number of aliphatic hydroxyl groups excluding tert-OH is 3. The molecule has 4 N–H and O–H groups in total. The molecule has 0 aromatic rings. The summed E-state index contributed by atoms with van der Waals surface area (Å²) in [6.07, 6.45) is -4.08. The van der Waals surface area contributed by atoms with Crippen molar-refractivity contribution in [3.63, 3.8) is 0 Å². The minimum absolute atomic E-state index is 0.0846. The van der Waals surface area contributed by atoms with Gasteiger partial charge >= 0.3 is 0 Å². The SMILES string of the molecule is O[C@@H]1[C@H](O)CO[C@](O)(CN2CCOCC2)[C@@H]1O. The van der Waals surface area contributed by atoms with Gasteiger partial charge in [-0.2, -0.15) is 0 Å². The number of hydrogen-bond donors (Lipinski definition) is 4. The second-order valence-electron chi connectivity index (χ2n) is 4.55. The first-order chi connectivity index (χ1) is 8.03. The van der Waals surface area contributed by atoms with E-state index in [2.05, 4.69) is 0 Å². The number of morpholine rings is 1. The van der Waals surface area contributed by atoms with Crippen LogP contribution in [0.15, 0.2) is 0 Å². The zero-order chi connectivity index (χ0) is 12.5. The molecular formula is C10H19NO6. The predicted molar refractivity (Wildman–Crippen MR) is 56.2 cm³/mol. The van der Waals surface area contributed by atoms with Crippen LogP contribution in [0.25, 0.3) is 0 Å². The maximum absolute atomic E-state index is 10.2. The number of β-amino-alcohol motifs (C(OH)–C–C–N with tert-alkyl or cyclic N) is 1. The molecule has 7 nitrogen and oxygen atoms in total. The Bertz CT molecular complexity index is 259. The van der Waals surface area contributed by atoms with Gasteiger partial charge in [0.15, 0.2) is 0 Å². The number of aliphatic hydroxyl groups is 4. The largest absolute Gasteiger partial charge is 0.388 e. The molecule has 2 aliphatic rings. The monoisotopic (exact) mass is 249 g/mol. The molecule has 2 fully saturated rings. The van der Waals surface area contributed by atoms with Crippen molar-refractivity contribution in [3.05, 3.63) is 0 Å². The highest BCUT2D eigenvalue weighted by atomic mass is 16.6. The van der Waals surface area contributed by atoms with Crippen molar-refractivity contribution in [1.29, 1.82) is 0 Å². The van der Waals surface area contributed by atoms with Gasteiger partial charge in [0.05, 0.1) is 26.4 Å². The standard InChI is InChI=1S/C10H19NO6/c12-7-5-17-10(15,9(14)8(7)13)6-11-1-3-16-4-2-11/h7-9,12-15H,1-6H2/t7-,8-,9-,10-/m1/s1. The van der Waals surface area contributed by atoms with Crippen molar-refractivity contribution < 1.29 is 29.9 Å². The molecule has 0 aromatic carbocycles. The lowest BCUT2D eigenvalue weighted by atomic mass is 9.96. The molecule has 0 radical (unpaired) electrons. The van der Waals surface area contributed by atoms with Crippen LogP contribution in [0.5, 0.6) is 0 Å². The molecule has 2 rings (SSSR count). The third-order valence-corrected chi connectivity index (χ3v) is 3.24. The van der Waals surface area contributed by atoms with Crippen molar-refractivity contribution in [1.82, 2.24) is 4.90 Å². The molecule has 2 aliphatic heterocycles. The van der Waals surface area contributed by atoms with Crippen LogP contribution in [-0.2, 0) is 9.47 Å². The Morgan fingerprint density at radius 3 is 2.47 bits per heavy atom. The summed E-state index contributed by atoms with van der Waals surface area (Å²) in [6, 6.07) is 0. The van der Waals surface area contributed by atoms with E-state index in [-0.39, 0.29) is 13.2 Å².